The van der Waals surface area contributed by atoms with Crippen molar-refractivity contribution in [2.24, 2.45) is 23.7 Å². The Bertz CT molecular complexity index is 1740. The van der Waals surface area contributed by atoms with Gasteiger partial charge in [0.25, 0.3) is 15.9 Å². The number of amides is 1. The number of unbranched alkanes of at least 4 members (excludes halogenated alkanes) is 1. The van der Waals surface area contributed by atoms with Gasteiger partial charge in [0.2, 0.25) is 5.88 Å². The van der Waals surface area contributed by atoms with E-state index in [1.807, 2.05) is 0 Å². The number of nitrogens with zero attached hydrogens (tertiary/aromatic N) is 5. The number of ether oxygens (including phenoxy) is 1. The molecule has 3 fully saturated rings. The summed E-state index contributed by atoms with van der Waals surface area (Å²) >= 11 is 6.35. The standard InChI is InChI=1S/C37H52ClN7O4S/c1-36(2,3)45-24-25(22-37(45,4)5)8-6-7-19-39-31-15-13-28(23-40-31)50(47,48)43-35(46)30-14-16-32(41-34(30)38)44-20-17-33(42-44)49-21-18-29(26-9-10-26)27-11-12-27/h13-17,20,23,25-27,29H,6-12,18-19,21-22,24H2,1-5H3,(H,39,40)(H,43,46). The molecule has 3 aliphatic rings. The Morgan fingerprint density at radius 1 is 1.08 bits per heavy atom. The highest BCUT2D eigenvalue weighted by Crippen LogP contribution is 2.50. The average molecular weight is 726 g/mol. The molecular weight excluding hydrogens is 674 g/mol. The predicted molar refractivity (Wildman–Crippen MR) is 195 cm³/mol. The van der Waals surface area contributed by atoms with Gasteiger partial charge in [-0.25, -0.2) is 27.8 Å². The summed E-state index contributed by atoms with van der Waals surface area (Å²) in [5, 5.41) is 7.57. The molecule has 1 unspecified atom stereocenters. The van der Waals surface area contributed by atoms with Gasteiger partial charge < -0.3 is 10.1 Å². The number of nitrogens with one attached hydrogen (secondary N) is 2. The summed E-state index contributed by atoms with van der Waals surface area (Å²) in [7, 11) is -4.20. The molecular formula is C37H52ClN7O4S. The first-order valence-corrected chi connectivity index (χ1v) is 20.0. The molecule has 0 aromatic carbocycles. The van der Waals surface area contributed by atoms with Crippen LogP contribution in [-0.4, -0.2) is 69.7 Å². The maximum Gasteiger partial charge on any atom is 0.268 e. The fraction of sp³-hybridized carbons (Fsp3) is 0.622. The van der Waals surface area contributed by atoms with Crippen molar-refractivity contribution in [3.05, 3.63) is 53.4 Å². The molecule has 11 nitrogen and oxygen atoms in total. The lowest BCUT2D eigenvalue weighted by molar-refractivity contribution is 0.0669. The van der Waals surface area contributed by atoms with Gasteiger partial charge >= 0.3 is 0 Å². The lowest BCUT2D eigenvalue weighted by atomic mass is 9.92. The van der Waals surface area contributed by atoms with Gasteiger partial charge in [0.05, 0.1) is 12.2 Å². The third-order valence-corrected chi connectivity index (χ3v) is 12.0. The number of carbonyl (C=O) groups is 1. The van der Waals surface area contributed by atoms with Gasteiger partial charge in [-0.15, -0.1) is 5.10 Å². The second kappa shape index (κ2) is 14.8. The lowest BCUT2D eigenvalue weighted by Gasteiger charge is -2.42. The fourth-order valence-electron chi connectivity index (χ4n) is 7.85. The van der Waals surface area contributed by atoms with E-state index in [-0.39, 0.29) is 26.7 Å². The molecule has 50 heavy (non-hydrogen) atoms. The number of hydrogen-bond acceptors (Lipinski definition) is 9. The van der Waals surface area contributed by atoms with Crippen LogP contribution in [0.3, 0.4) is 0 Å². The zero-order chi connectivity index (χ0) is 35.7. The van der Waals surface area contributed by atoms with Crippen LogP contribution in [0.4, 0.5) is 5.82 Å². The minimum atomic E-state index is -4.20. The Labute approximate surface area is 302 Å². The van der Waals surface area contributed by atoms with Crippen molar-refractivity contribution < 1.29 is 17.9 Å². The second-order valence-corrected chi connectivity index (χ2v) is 18.0. The van der Waals surface area contributed by atoms with Crippen LogP contribution in [0, 0.1) is 23.7 Å². The summed E-state index contributed by atoms with van der Waals surface area (Å²) in [5.74, 6) is 3.77. The van der Waals surface area contributed by atoms with Crippen molar-refractivity contribution in [2.75, 3.05) is 25.0 Å². The number of carbonyl (C=O) groups excluding carboxylic acids is 1. The van der Waals surface area contributed by atoms with Crippen molar-refractivity contribution >= 4 is 33.3 Å². The van der Waals surface area contributed by atoms with Crippen LogP contribution in [-0.2, 0) is 10.0 Å². The highest BCUT2D eigenvalue weighted by Gasteiger charge is 2.43. The summed E-state index contributed by atoms with van der Waals surface area (Å²) < 4.78 is 35.5. The van der Waals surface area contributed by atoms with E-state index >= 15 is 0 Å². The molecule has 6 rings (SSSR count). The van der Waals surface area contributed by atoms with Crippen LogP contribution >= 0.6 is 11.6 Å². The smallest absolute Gasteiger partial charge is 0.268 e. The van der Waals surface area contributed by atoms with E-state index in [0.29, 0.717) is 30.0 Å². The molecule has 1 atom stereocenters. The van der Waals surface area contributed by atoms with E-state index in [2.05, 4.69) is 64.6 Å². The largest absolute Gasteiger partial charge is 0.477 e. The molecule has 1 aliphatic heterocycles. The average Bonchev–Trinajstić information content (AvgIpc) is 3.99. The molecule has 2 aliphatic carbocycles. The van der Waals surface area contributed by atoms with E-state index < -0.39 is 15.9 Å². The maximum atomic E-state index is 13.0. The van der Waals surface area contributed by atoms with Gasteiger partial charge in [0.15, 0.2) is 5.82 Å². The topological polar surface area (TPSA) is 131 Å². The van der Waals surface area contributed by atoms with Gasteiger partial charge in [-0.3, -0.25) is 9.69 Å². The Balaban J connectivity index is 0.947. The molecule has 3 aromatic heterocycles. The van der Waals surface area contributed by atoms with Crippen molar-refractivity contribution in [1.82, 2.24) is 29.4 Å². The monoisotopic (exact) mass is 725 g/mol. The van der Waals surface area contributed by atoms with Crippen LogP contribution in [0.2, 0.25) is 5.15 Å². The third-order valence-electron chi connectivity index (χ3n) is 10.4. The number of rotatable bonds is 16. The SMILES string of the molecule is CC(C)(C)N1CC(CCCCNc2ccc(S(=O)(=O)NC(=O)c3ccc(-n4ccc(OCCC(C5CC5)C5CC5)n4)nc3Cl)cn2)CC1(C)C. The summed E-state index contributed by atoms with van der Waals surface area (Å²) in [6.07, 6.45) is 13.9. The van der Waals surface area contributed by atoms with E-state index in [1.165, 1.54) is 61.5 Å². The molecule has 2 saturated carbocycles. The van der Waals surface area contributed by atoms with Crippen molar-refractivity contribution in [1.29, 1.82) is 0 Å². The molecule has 0 bridgehead atoms. The minimum Gasteiger partial charge on any atom is -0.477 e. The molecule has 1 saturated heterocycles. The van der Waals surface area contributed by atoms with Crippen LogP contribution in [0.15, 0.2) is 47.6 Å². The molecule has 4 heterocycles. The van der Waals surface area contributed by atoms with Gasteiger partial charge in [0.1, 0.15) is 15.9 Å². The van der Waals surface area contributed by atoms with Crippen LogP contribution in [0.25, 0.3) is 5.82 Å². The number of sulfonamides is 1. The van der Waals surface area contributed by atoms with Crippen molar-refractivity contribution in [2.45, 2.75) is 108 Å². The van der Waals surface area contributed by atoms with E-state index in [9.17, 15) is 13.2 Å². The maximum absolute atomic E-state index is 13.0. The Hall–Kier alpha value is -3.22. The first-order chi connectivity index (χ1) is 23.7. The van der Waals surface area contributed by atoms with Crippen molar-refractivity contribution in [3.63, 3.8) is 0 Å². The summed E-state index contributed by atoms with van der Waals surface area (Å²) in [5.41, 5.74) is 0.307. The van der Waals surface area contributed by atoms with Crippen molar-refractivity contribution in [3.8, 4) is 11.7 Å². The zero-order valence-corrected chi connectivity index (χ0v) is 31.6. The quantitative estimate of drug-likeness (QED) is 0.117. The highest BCUT2D eigenvalue weighted by atomic mass is 35.5. The summed E-state index contributed by atoms with van der Waals surface area (Å²) in [6.45, 7) is 14.1. The highest BCUT2D eigenvalue weighted by molar-refractivity contribution is 7.90. The van der Waals surface area contributed by atoms with Gasteiger partial charge in [-0.05, 0) is 134 Å². The van der Waals surface area contributed by atoms with E-state index in [4.69, 9.17) is 16.3 Å². The Morgan fingerprint density at radius 2 is 1.82 bits per heavy atom. The Kier molecular flexibility index (Phi) is 10.8. The number of halogens is 1. The van der Waals surface area contributed by atoms with Crippen LogP contribution in [0.1, 0.15) is 103 Å². The van der Waals surface area contributed by atoms with Gasteiger partial charge in [-0.2, -0.15) is 0 Å². The molecule has 2 N–H and O–H groups in total. The Morgan fingerprint density at radius 3 is 2.44 bits per heavy atom. The van der Waals surface area contributed by atoms with Crippen LogP contribution in [0.5, 0.6) is 5.88 Å². The number of aromatic nitrogens is 4. The second-order valence-electron chi connectivity index (χ2n) is 16.0. The lowest BCUT2D eigenvalue weighted by Crippen LogP contribution is -2.50. The minimum absolute atomic E-state index is 0.0765. The number of likely N-dealkylation sites (tertiary alicyclic amines) is 1. The number of anilines is 1. The molecule has 272 valence electrons. The molecule has 0 spiro atoms. The fourth-order valence-corrected chi connectivity index (χ4v) is 9.00. The predicted octanol–water partition coefficient (Wildman–Crippen LogP) is 7.12. The van der Waals surface area contributed by atoms with Gasteiger partial charge in [-0.1, -0.05) is 18.0 Å². The van der Waals surface area contributed by atoms with Gasteiger partial charge in [0, 0.05) is 42.6 Å². The van der Waals surface area contributed by atoms with E-state index in [1.54, 1.807) is 24.4 Å². The molecule has 0 radical (unpaired) electrons. The number of pyridine rings is 2. The molecule has 1 amide bonds. The normalized spacial score (nSPS) is 19.5. The summed E-state index contributed by atoms with van der Waals surface area (Å²) in [6, 6.07) is 7.76. The van der Waals surface area contributed by atoms with E-state index in [0.717, 1.165) is 50.1 Å². The first kappa shape index (κ1) is 36.6. The first-order valence-electron chi connectivity index (χ1n) is 18.1. The summed E-state index contributed by atoms with van der Waals surface area (Å²) in [4.78, 5) is 24.0. The zero-order valence-electron chi connectivity index (χ0n) is 30.0. The van der Waals surface area contributed by atoms with Crippen LogP contribution < -0.4 is 14.8 Å². The molecule has 13 heteroatoms. The number of hydrogen-bond donors (Lipinski definition) is 2. The third kappa shape index (κ3) is 9.16. The molecule has 3 aromatic rings.